The van der Waals surface area contributed by atoms with Crippen molar-refractivity contribution in [1.29, 1.82) is 0 Å². The number of thiazole rings is 1. The number of benzene rings is 1. The van der Waals surface area contributed by atoms with E-state index in [1.54, 1.807) is 6.07 Å². The second kappa shape index (κ2) is 6.29. The molecule has 0 unspecified atom stereocenters. The number of nitrogens with zero attached hydrogens (tertiary/aromatic N) is 2. The van der Waals surface area contributed by atoms with E-state index >= 15 is 0 Å². The van der Waals surface area contributed by atoms with Crippen LogP contribution < -0.4 is 5.73 Å². The van der Waals surface area contributed by atoms with E-state index in [9.17, 15) is 22.8 Å². The molecule has 1 saturated heterocycles. The van der Waals surface area contributed by atoms with Crippen LogP contribution in [0.4, 0.5) is 13.2 Å². The van der Waals surface area contributed by atoms with Crippen LogP contribution in [-0.2, 0) is 11.0 Å². The maximum Gasteiger partial charge on any atom is 0.416 e. The summed E-state index contributed by atoms with van der Waals surface area (Å²) in [6.45, 7) is 0. The van der Waals surface area contributed by atoms with Gasteiger partial charge in [0, 0.05) is 12.0 Å². The Morgan fingerprint density at radius 2 is 1.97 bits per heavy atom. The Balaban J connectivity index is 1.57. The number of carbonyl (C=O) groups is 2. The summed E-state index contributed by atoms with van der Waals surface area (Å²) in [4.78, 5) is 31.7. The number of piperidine rings is 1. The largest absolute Gasteiger partial charge is 0.416 e. The number of likely N-dealkylation sites (tertiary alicyclic amines) is 1. The van der Waals surface area contributed by atoms with Gasteiger partial charge < -0.3 is 10.6 Å². The summed E-state index contributed by atoms with van der Waals surface area (Å²) in [6, 6.07) is 4.25. The van der Waals surface area contributed by atoms with E-state index in [1.165, 1.54) is 22.3 Å². The molecular formula is C20H18F3N3O2S. The molecule has 2 amide bonds. The number of halogens is 3. The van der Waals surface area contributed by atoms with Crippen molar-refractivity contribution in [1.82, 2.24) is 9.88 Å². The molecule has 29 heavy (non-hydrogen) atoms. The molecule has 3 fully saturated rings. The van der Waals surface area contributed by atoms with Gasteiger partial charge >= 0.3 is 6.18 Å². The third-order valence-electron chi connectivity index (χ3n) is 5.89. The van der Waals surface area contributed by atoms with Gasteiger partial charge in [-0.05, 0) is 49.3 Å². The van der Waals surface area contributed by atoms with Crippen molar-refractivity contribution in [2.75, 3.05) is 0 Å². The molecule has 0 bridgehead atoms. The van der Waals surface area contributed by atoms with Gasteiger partial charge in [-0.3, -0.25) is 9.59 Å². The first-order chi connectivity index (χ1) is 13.7. The number of alkyl halides is 3. The molecule has 2 saturated carbocycles. The number of fused-ring (bicyclic) bond motifs is 1. The molecule has 1 aromatic heterocycles. The van der Waals surface area contributed by atoms with E-state index in [0.717, 1.165) is 36.4 Å². The molecule has 3 atom stereocenters. The fourth-order valence-corrected chi connectivity index (χ4v) is 5.37. The average Bonchev–Trinajstić information content (AvgIpc) is 3.59. The van der Waals surface area contributed by atoms with E-state index in [-0.39, 0.29) is 23.6 Å². The highest BCUT2D eigenvalue weighted by atomic mass is 32.1. The molecule has 2 heterocycles. The number of nitrogens with two attached hydrogens (primary N) is 1. The molecule has 2 N–H and O–H groups in total. The number of hydrogen-bond donors (Lipinski definition) is 1. The molecule has 2 aromatic rings. The summed E-state index contributed by atoms with van der Waals surface area (Å²) in [5, 5.41) is 0.767. The van der Waals surface area contributed by atoms with Gasteiger partial charge in [0.15, 0.2) is 0 Å². The minimum atomic E-state index is -4.47. The first-order valence-electron chi connectivity index (χ1n) is 9.54. The summed E-state index contributed by atoms with van der Waals surface area (Å²) < 4.78 is 39.6. The molecule has 1 aliphatic heterocycles. The molecule has 3 aliphatic rings. The minimum Gasteiger partial charge on any atom is -0.368 e. The van der Waals surface area contributed by atoms with Crippen LogP contribution in [0.15, 0.2) is 24.3 Å². The van der Waals surface area contributed by atoms with Gasteiger partial charge in [-0.15, -0.1) is 11.3 Å². The van der Waals surface area contributed by atoms with E-state index in [4.69, 9.17) is 5.73 Å². The Bertz CT molecular complexity index is 1010. The molecule has 2 aliphatic carbocycles. The van der Waals surface area contributed by atoms with Gasteiger partial charge in [0.1, 0.15) is 11.7 Å². The molecule has 0 spiro atoms. The maximum atomic E-state index is 13.4. The van der Waals surface area contributed by atoms with Crippen molar-refractivity contribution in [3.8, 4) is 10.4 Å². The Labute approximate surface area is 168 Å². The maximum absolute atomic E-state index is 13.4. The van der Waals surface area contributed by atoms with Crippen molar-refractivity contribution >= 4 is 23.2 Å². The lowest BCUT2D eigenvalue weighted by Gasteiger charge is -2.24. The van der Waals surface area contributed by atoms with Crippen molar-refractivity contribution in [2.24, 2.45) is 11.7 Å². The summed E-state index contributed by atoms with van der Waals surface area (Å²) in [5.41, 5.74) is 5.17. The molecule has 1 aromatic carbocycles. The minimum absolute atomic E-state index is 0.0274. The van der Waals surface area contributed by atoms with Crippen molar-refractivity contribution in [3.05, 3.63) is 40.5 Å². The van der Waals surface area contributed by atoms with Crippen LogP contribution in [0.25, 0.3) is 10.4 Å². The van der Waals surface area contributed by atoms with E-state index in [1.807, 2.05) is 0 Å². The van der Waals surface area contributed by atoms with Crippen LogP contribution >= 0.6 is 11.3 Å². The number of aromatic nitrogens is 1. The number of hydrogen-bond acceptors (Lipinski definition) is 4. The normalized spacial score (nSPS) is 25.8. The SMILES string of the molecule is NC(=O)[C@@H]1C[C@@H]2C[C@@H]2N1C(=O)c1nc(C2CC2)sc1-c1cccc(C(F)(F)F)c1. The van der Waals surface area contributed by atoms with Crippen molar-refractivity contribution < 1.29 is 22.8 Å². The molecule has 0 radical (unpaired) electrons. The quantitative estimate of drug-likeness (QED) is 0.816. The Morgan fingerprint density at radius 1 is 1.21 bits per heavy atom. The summed E-state index contributed by atoms with van der Waals surface area (Å²) in [5.74, 6) is -0.432. The third kappa shape index (κ3) is 3.21. The number of amides is 2. The van der Waals surface area contributed by atoms with E-state index in [0.29, 0.717) is 16.9 Å². The van der Waals surface area contributed by atoms with Gasteiger partial charge in [-0.25, -0.2) is 4.98 Å². The highest BCUT2D eigenvalue weighted by molar-refractivity contribution is 7.15. The Kier molecular flexibility index (Phi) is 4.03. The number of rotatable bonds is 4. The highest BCUT2D eigenvalue weighted by Gasteiger charge is 2.56. The van der Waals surface area contributed by atoms with Crippen LogP contribution in [-0.4, -0.2) is 33.8 Å². The molecular weight excluding hydrogens is 403 g/mol. The summed E-state index contributed by atoms with van der Waals surface area (Å²) in [6.07, 6.45) is -1.18. The Morgan fingerprint density at radius 3 is 2.62 bits per heavy atom. The van der Waals surface area contributed by atoms with Gasteiger partial charge in [0.25, 0.3) is 5.91 Å². The van der Waals surface area contributed by atoms with Crippen LogP contribution in [0.1, 0.15) is 52.7 Å². The van der Waals surface area contributed by atoms with E-state index in [2.05, 4.69) is 4.98 Å². The molecule has 152 valence electrons. The lowest BCUT2D eigenvalue weighted by atomic mass is 10.1. The standard InChI is InChI=1S/C20H18F3N3O2S/c21-20(22,23)12-3-1-2-10(6-12)16-15(25-18(29-16)9-4-5-9)19(28)26-13-7-11(13)8-14(26)17(24)27/h1-3,6,9,11,13-14H,4-5,7-8H2,(H2,24,27)/t11-,13-,14-/m0/s1. The third-order valence-corrected chi connectivity index (χ3v) is 7.16. The first-order valence-corrected chi connectivity index (χ1v) is 10.4. The monoisotopic (exact) mass is 421 g/mol. The molecule has 5 nitrogen and oxygen atoms in total. The fraction of sp³-hybridized carbons (Fsp3) is 0.450. The molecule has 5 rings (SSSR count). The average molecular weight is 421 g/mol. The fourth-order valence-electron chi connectivity index (χ4n) is 4.14. The van der Waals surface area contributed by atoms with Crippen LogP contribution in [0.3, 0.4) is 0 Å². The van der Waals surface area contributed by atoms with Gasteiger partial charge in [-0.2, -0.15) is 13.2 Å². The zero-order valence-corrected chi connectivity index (χ0v) is 16.1. The lowest BCUT2D eigenvalue weighted by Crippen LogP contribution is -2.46. The van der Waals surface area contributed by atoms with Gasteiger partial charge in [-0.1, -0.05) is 12.1 Å². The predicted octanol–water partition coefficient (Wildman–Crippen LogP) is 3.79. The van der Waals surface area contributed by atoms with Crippen molar-refractivity contribution in [3.63, 3.8) is 0 Å². The zero-order chi connectivity index (χ0) is 20.5. The topological polar surface area (TPSA) is 76.3 Å². The lowest BCUT2D eigenvalue weighted by molar-refractivity contribution is -0.137. The van der Waals surface area contributed by atoms with E-state index < -0.39 is 29.6 Å². The summed E-state index contributed by atoms with van der Waals surface area (Å²) in [7, 11) is 0. The highest BCUT2D eigenvalue weighted by Crippen LogP contribution is 2.50. The van der Waals surface area contributed by atoms with Gasteiger partial charge in [0.2, 0.25) is 5.91 Å². The second-order valence-corrected chi connectivity index (χ2v) is 9.04. The summed E-state index contributed by atoms with van der Waals surface area (Å²) >= 11 is 1.27. The van der Waals surface area contributed by atoms with Gasteiger partial charge in [0.05, 0.1) is 15.4 Å². The number of carbonyl (C=O) groups excluding carboxylic acids is 2. The first kappa shape index (κ1) is 18.6. The predicted molar refractivity (Wildman–Crippen MR) is 100 cm³/mol. The zero-order valence-electron chi connectivity index (χ0n) is 15.3. The smallest absolute Gasteiger partial charge is 0.368 e. The molecule has 9 heteroatoms. The number of primary amides is 1. The van der Waals surface area contributed by atoms with Crippen LogP contribution in [0, 0.1) is 5.92 Å². The Hall–Kier alpha value is -2.42. The van der Waals surface area contributed by atoms with Crippen LogP contribution in [0.5, 0.6) is 0 Å². The second-order valence-electron chi connectivity index (χ2n) is 8.01. The van der Waals surface area contributed by atoms with Crippen LogP contribution in [0.2, 0.25) is 0 Å². The van der Waals surface area contributed by atoms with Crippen molar-refractivity contribution in [2.45, 2.75) is 49.9 Å².